The van der Waals surface area contributed by atoms with E-state index in [1.165, 1.54) is 82.1 Å². The molecule has 10 rings (SSSR count). The van der Waals surface area contributed by atoms with Crippen LogP contribution in [0.3, 0.4) is 0 Å². The van der Waals surface area contributed by atoms with Crippen molar-refractivity contribution in [1.82, 2.24) is 4.57 Å². The standard InChI is InChI=1S/C39H25NO/c1-39(2)29-15-5-3-10-22(29)27-20-28-23-11-4-6-16-31(23)40(33(28)21-30(27)39)32-17-7-12-24-25-13-8-18-34-37(25)38-26(36(24)32)14-9-19-35(38)41-34/h3-21H,1-2H3. The van der Waals surface area contributed by atoms with E-state index in [0.29, 0.717) is 0 Å². The Morgan fingerprint density at radius 1 is 0.488 bits per heavy atom. The average molecular weight is 524 g/mol. The Morgan fingerprint density at radius 2 is 1.15 bits per heavy atom. The van der Waals surface area contributed by atoms with Gasteiger partial charge in [-0.1, -0.05) is 92.7 Å². The molecule has 41 heavy (non-hydrogen) atoms. The SMILES string of the molecule is CC1(C)c2ccccc2-c2cc3c4ccccc4n(-c4cccc5c6cccc7oc8cccc(c45)c8c76)c3cc21. The van der Waals surface area contributed by atoms with Crippen LogP contribution in [0.2, 0.25) is 0 Å². The van der Waals surface area contributed by atoms with E-state index in [9.17, 15) is 0 Å². The minimum Gasteiger partial charge on any atom is -0.456 e. The number of aromatic nitrogens is 1. The molecule has 0 saturated carbocycles. The average Bonchev–Trinajstić information content (AvgIpc) is 3.62. The van der Waals surface area contributed by atoms with Gasteiger partial charge in [0.1, 0.15) is 11.2 Å². The molecule has 0 unspecified atom stereocenters. The van der Waals surface area contributed by atoms with Crippen LogP contribution < -0.4 is 0 Å². The van der Waals surface area contributed by atoms with Crippen molar-refractivity contribution in [3.8, 4) is 16.8 Å². The molecule has 0 aliphatic heterocycles. The van der Waals surface area contributed by atoms with Crippen molar-refractivity contribution < 1.29 is 4.42 Å². The Balaban J connectivity index is 1.42. The zero-order valence-electron chi connectivity index (χ0n) is 22.8. The summed E-state index contributed by atoms with van der Waals surface area (Å²) in [4.78, 5) is 0. The molecule has 0 radical (unpaired) electrons. The van der Waals surface area contributed by atoms with Gasteiger partial charge in [0.15, 0.2) is 0 Å². The topological polar surface area (TPSA) is 18.1 Å². The van der Waals surface area contributed by atoms with Crippen molar-refractivity contribution in [2.45, 2.75) is 19.3 Å². The van der Waals surface area contributed by atoms with Gasteiger partial charge in [-0.05, 0) is 74.8 Å². The third-order valence-corrected chi connectivity index (χ3v) is 9.74. The second-order valence-electron chi connectivity index (χ2n) is 12.1. The molecule has 9 aromatic rings. The van der Waals surface area contributed by atoms with Crippen molar-refractivity contribution in [2.24, 2.45) is 0 Å². The number of hydrogen-bond acceptors (Lipinski definition) is 1. The summed E-state index contributed by atoms with van der Waals surface area (Å²) in [5.41, 5.74) is 11.0. The fraction of sp³-hybridized carbons (Fsp3) is 0.0769. The van der Waals surface area contributed by atoms with Crippen LogP contribution in [0.15, 0.2) is 120 Å². The van der Waals surface area contributed by atoms with E-state index in [0.717, 1.165) is 11.2 Å². The van der Waals surface area contributed by atoms with Gasteiger partial charge in [-0.15, -0.1) is 0 Å². The van der Waals surface area contributed by atoms with Crippen molar-refractivity contribution in [3.05, 3.63) is 126 Å². The number of nitrogens with zero attached hydrogens (tertiary/aromatic N) is 1. The van der Waals surface area contributed by atoms with E-state index in [1.54, 1.807) is 0 Å². The third kappa shape index (κ3) is 2.50. The zero-order chi connectivity index (χ0) is 27.0. The number of furan rings is 1. The largest absolute Gasteiger partial charge is 0.456 e. The Morgan fingerprint density at radius 3 is 2.00 bits per heavy atom. The normalized spacial score (nSPS) is 14.3. The van der Waals surface area contributed by atoms with Gasteiger partial charge in [0.05, 0.1) is 16.7 Å². The Hall–Kier alpha value is -5.08. The molecule has 0 atom stereocenters. The summed E-state index contributed by atoms with van der Waals surface area (Å²) >= 11 is 0. The summed E-state index contributed by atoms with van der Waals surface area (Å²) < 4.78 is 8.86. The Kier molecular flexibility index (Phi) is 3.79. The highest BCUT2D eigenvalue weighted by Crippen LogP contribution is 2.51. The molecular formula is C39H25NO. The molecule has 0 amide bonds. The van der Waals surface area contributed by atoms with E-state index < -0.39 is 0 Å². The van der Waals surface area contributed by atoms with Gasteiger partial charge >= 0.3 is 0 Å². The van der Waals surface area contributed by atoms with E-state index >= 15 is 0 Å². The van der Waals surface area contributed by atoms with Gasteiger partial charge in [0.2, 0.25) is 0 Å². The lowest BCUT2D eigenvalue weighted by atomic mass is 9.82. The molecule has 2 heterocycles. The summed E-state index contributed by atoms with van der Waals surface area (Å²) in [5.74, 6) is 0. The third-order valence-electron chi connectivity index (χ3n) is 9.74. The zero-order valence-corrected chi connectivity index (χ0v) is 22.8. The van der Waals surface area contributed by atoms with Crippen molar-refractivity contribution in [1.29, 1.82) is 0 Å². The first kappa shape index (κ1) is 21.7. The van der Waals surface area contributed by atoms with E-state index in [2.05, 4.69) is 134 Å². The van der Waals surface area contributed by atoms with Crippen LogP contribution in [0, 0.1) is 0 Å². The molecule has 2 nitrogen and oxygen atoms in total. The molecule has 2 heteroatoms. The van der Waals surface area contributed by atoms with Crippen LogP contribution in [0.1, 0.15) is 25.0 Å². The number of hydrogen-bond donors (Lipinski definition) is 0. The van der Waals surface area contributed by atoms with Crippen molar-refractivity contribution >= 4 is 65.3 Å². The van der Waals surface area contributed by atoms with Gasteiger partial charge in [-0.25, -0.2) is 0 Å². The fourth-order valence-corrected chi connectivity index (χ4v) is 7.96. The lowest BCUT2D eigenvalue weighted by Crippen LogP contribution is -2.15. The molecule has 1 aliphatic rings. The number of para-hydroxylation sites is 1. The fourth-order valence-electron chi connectivity index (χ4n) is 7.96. The van der Waals surface area contributed by atoms with Crippen LogP contribution in [-0.4, -0.2) is 4.57 Å². The molecular weight excluding hydrogens is 498 g/mol. The molecule has 0 spiro atoms. The Labute approximate surface area is 236 Å². The molecule has 0 N–H and O–H groups in total. The van der Waals surface area contributed by atoms with Gasteiger partial charge in [0.25, 0.3) is 0 Å². The molecule has 192 valence electrons. The maximum atomic E-state index is 6.35. The van der Waals surface area contributed by atoms with Gasteiger partial charge in [-0.3, -0.25) is 0 Å². The predicted molar refractivity (Wildman–Crippen MR) is 172 cm³/mol. The van der Waals surface area contributed by atoms with Crippen molar-refractivity contribution in [2.75, 3.05) is 0 Å². The number of rotatable bonds is 1. The molecule has 0 saturated heterocycles. The van der Waals surface area contributed by atoms with Crippen LogP contribution >= 0.6 is 0 Å². The first-order chi connectivity index (χ1) is 20.1. The highest BCUT2D eigenvalue weighted by Gasteiger charge is 2.36. The quantitative estimate of drug-likeness (QED) is 0.196. The number of fused-ring (bicyclic) bond motifs is 9. The highest BCUT2D eigenvalue weighted by molar-refractivity contribution is 6.34. The number of benzene rings is 7. The molecule has 2 aromatic heterocycles. The predicted octanol–water partition coefficient (Wildman–Crippen LogP) is 10.7. The lowest BCUT2D eigenvalue weighted by molar-refractivity contribution is 0.661. The van der Waals surface area contributed by atoms with Crippen LogP contribution in [0.25, 0.3) is 82.1 Å². The first-order valence-corrected chi connectivity index (χ1v) is 14.4. The second-order valence-corrected chi connectivity index (χ2v) is 12.1. The maximum Gasteiger partial charge on any atom is 0.136 e. The smallest absolute Gasteiger partial charge is 0.136 e. The molecule has 1 aliphatic carbocycles. The van der Waals surface area contributed by atoms with Crippen molar-refractivity contribution in [3.63, 3.8) is 0 Å². The maximum absolute atomic E-state index is 6.35. The minimum absolute atomic E-state index is 0.0650. The van der Waals surface area contributed by atoms with E-state index in [4.69, 9.17) is 4.42 Å². The summed E-state index contributed by atoms with van der Waals surface area (Å²) in [6.07, 6.45) is 0. The van der Waals surface area contributed by atoms with E-state index in [-0.39, 0.29) is 5.41 Å². The summed E-state index contributed by atoms with van der Waals surface area (Å²) in [5, 5.41) is 10.0. The first-order valence-electron chi connectivity index (χ1n) is 14.4. The van der Waals surface area contributed by atoms with E-state index in [1.807, 2.05) is 0 Å². The van der Waals surface area contributed by atoms with Gasteiger partial charge in [0, 0.05) is 32.3 Å². The summed E-state index contributed by atoms with van der Waals surface area (Å²) in [7, 11) is 0. The lowest BCUT2D eigenvalue weighted by Gasteiger charge is -2.22. The summed E-state index contributed by atoms with van der Waals surface area (Å²) in [6, 6.07) is 42.4. The minimum atomic E-state index is -0.0650. The van der Waals surface area contributed by atoms with Crippen LogP contribution in [0.4, 0.5) is 0 Å². The highest BCUT2D eigenvalue weighted by atomic mass is 16.3. The molecule has 7 aromatic carbocycles. The molecule has 0 fully saturated rings. The molecule has 0 bridgehead atoms. The van der Waals surface area contributed by atoms with Crippen LogP contribution in [0.5, 0.6) is 0 Å². The van der Waals surface area contributed by atoms with Crippen LogP contribution in [-0.2, 0) is 5.41 Å². The Bertz CT molecular complexity index is 2560. The summed E-state index contributed by atoms with van der Waals surface area (Å²) in [6.45, 7) is 4.73. The van der Waals surface area contributed by atoms with Gasteiger partial charge in [-0.2, -0.15) is 0 Å². The monoisotopic (exact) mass is 523 g/mol. The second kappa shape index (κ2) is 7.16. The van der Waals surface area contributed by atoms with Gasteiger partial charge < -0.3 is 8.98 Å².